The number of hydrogen-bond donors (Lipinski definition) is 1. The lowest BCUT2D eigenvalue weighted by Gasteiger charge is -2.42. The third kappa shape index (κ3) is 3.25. The van der Waals surface area contributed by atoms with Crippen molar-refractivity contribution in [3.8, 4) is 0 Å². The molecule has 2 atom stereocenters. The van der Waals surface area contributed by atoms with Gasteiger partial charge in [0.1, 0.15) is 0 Å². The summed E-state index contributed by atoms with van der Waals surface area (Å²) in [4.78, 5) is 2.65. The van der Waals surface area contributed by atoms with Crippen LogP contribution >= 0.6 is 0 Å². The van der Waals surface area contributed by atoms with Gasteiger partial charge in [0.15, 0.2) is 0 Å². The molecule has 18 heavy (non-hydrogen) atoms. The van der Waals surface area contributed by atoms with Crippen molar-refractivity contribution in [1.82, 2.24) is 4.90 Å². The molecule has 2 rings (SSSR count). The van der Waals surface area contributed by atoms with Gasteiger partial charge in [-0.05, 0) is 31.6 Å². The zero-order valence-corrected chi connectivity index (χ0v) is 12.0. The molecule has 2 N–H and O–H groups in total. The second-order valence-electron chi connectivity index (χ2n) is 6.09. The molecule has 2 unspecified atom stereocenters. The summed E-state index contributed by atoms with van der Waals surface area (Å²) < 4.78 is 5.60. The first kappa shape index (κ1) is 14.3. The number of nitrogens with two attached hydrogens (primary N) is 1. The fourth-order valence-corrected chi connectivity index (χ4v) is 3.74. The topological polar surface area (TPSA) is 38.5 Å². The molecule has 3 nitrogen and oxygen atoms in total. The van der Waals surface area contributed by atoms with Gasteiger partial charge in [0.2, 0.25) is 0 Å². The Bertz CT molecular complexity index is 239. The van der Waals surface area contributed by atoms with E-state index in [4.69, 9.17) is 10.5 Å². The summed E-state index contributed by atoms with van der Waals surface area (Å²) in [7, 11) is 0. The van der Waals surface area contributed by atoms with Gasteiger partial charge in [-0.1, -0.05) is 26.2 Å². The van der Waals surface area contributed by atoms with Gasteiger partial charge in [-0.15, -0.1) is 0 Å². The number of rotatable bonds is 3. The van der Waals surface area contributed by atoms with E-state index in [2.05, 4.69) is 11.8 Å². The lowest BCUT2D eigenvalue weighted by molar-refractivity contribution is 0.0688. The van der Waals surface area contributed by atoms with Gasteiger partial charge in [0.05, 0.1) is 6.61 Å². The maximum atomic E-state index is 6.19. The van der Waals surface area contributed by atoms with Crippen LogP contribution in [-0.2, 0) is 4.74 Å². The zero-order chi connectivity index (χ0) is 12.8. The molecule has 0 radical (unpaired) electrons. The van der Waals surface area contributed by atoms with E-state index in [1.807, 2.05) is 0 Å². The lowest BCUT2D eigenvalue weighted by atomic mass is 9.87. The van der Waals surface area contributed by atoms with Gasteiger partial charge in [0.25, 0.3) is 0 Å². The Kier molecular flexibility index (Phi) is 5.46. The van der Waals surface area contributed by atoms with Gasteiger partial charge >= 0.3 is 0 Å². The van der Waals surface area contributed by atoms with Crippen LogP contribution in [0.5, 0.6) is 0 Å². The molecule has 1 aliphatic carbocycles. The molecule has 0 aromatic carbocycles. The molecule has 0 bridgehead atoms. The molecule has 106 valence electrons. The standard InChI is InChI=1S/C15H30N2O/c1-2-14-5-3-7-15(13-16,8-6-14)17-9-4-11-18-12-10-17/h14H,2-13,16H2,1H3. The van der Waals surface area contributed by atoms with Crippen LogP contribution in [0.1, 0.15) is 51.9 Å². The molecule has 0 aromatic rings. The molecule has 1 saturated carbocycles. The number of hydrogen-bond acceptors (Lipinski definition) is 3. The highest BCUT2D eigenvalue weighted by Crippen LogP contribution is 2.35. The van der Waals surface area contributed by atoms with Crippen LogP contribution in [0.4, 0.5) is 0 Å². The molecule has 2 aliphatic rings. The highest BCUT2D eigenvalue weighted by molar-refractivity contribution is 4.94. The van der Waals surface area contributed by atoms with Crippen molar-refractivity contribution in [3.63, 3.8) is 0 Å². The van der Waals surface area contributed by atoms with Crippen molar-refractivity contribution < 1.29 is 4.74 Å². The minimum absolute atomic E-state index is 0.275. The first-order chi connectivity index (χ1) is 8.80. The van der Waals surface area contributed by atoms with E-state index in [-0.39, 0.29) is 5.54 Å². The maximum Gasteiger partial charge on any atom is 0.0593 e. The Hall–Kier alpha value is -0.120. The first-order valence-corrected chi connectivity index (χ1v) is 7.83. The van der Waals surface area contributed by atoms with Crippen LogP contribution in [-0.4, -0.2) is 43.3 Å². The van der Waals surface area contributed by atoms with Crippen LogP contribution in [0.15, 0.2) is 0 Å². The summed E-state index contributed by atoms with van der Waals surface area (Å²) in [6, 6.07) is 0. The van der Waals surface area contributed by atoms with E-state index < -0.39 is 0 Å². The summed E-state index contributed by atoms with van der Waals surface area (Å²) in [6.07, 6.45) is 9.21. The van der Waals surface area contributed by atoms with E-state index in [0.717, 1.165) is 32.2 Å². The Labute approximate surface area is 112 Å². The molecule has 0 spiro atoms. The fourth-order valence-electron chi connectivity index (χ4n) is 3.74. The van der Waals surface area contributed by atoms with Crippen LogP contribution < -0.4 is 5.73 Å². The van der Waals surface area contributed by atoms with E-state index in [0.29, 0.717) is 0 Å². The molecule has 1 heterocycles. The second kappa shape index (κ2) is 6.88. The van der Waals surface area contributed by atoms with Crippen molar-refractivity contribution in [2.24, 2.45) is 11.7 Å². The average Bonchev–Trinajstić information content (AvgIpc) is 2.79. The molecular formula is C15H30N2O. The van der Waals surface area contributed by atoms with Gasteiger partial charge in [-0.2, -0.15) is 0 Å². The molecule has 2 fully saturated rings. The number of ether oxygens (including phenoxy) is 1. The third-order valence-electron chi connectivity index (χ3n) is 5.12. The SMILES string of the molecule is CCC1CCCC(CN)(N2CCCOCC2)CC1. The predicted octanol–water partition coefficient (Wildman–Crippen LogP) is 2.40. The Morgan fingerprint density at radius 2 is 2.06 bits per heavy atom. The van der Waals surface area contributed by atoms with Crippen molar-refractivity contribution >= 4 is 0 Å². The van der Waals surface area contributed by atoms with Crippen molar-refractivity contribution in [3.05, 3.63) is 0 Å². The molecular weight excluding hydrogens is 224 g/mol. The predicted molar refractivity (Wildman–Crippen MR) is 75.7 cm³/mol. The Morgan fingerprint density at radius 3 is 2.83 bits per heavy atom. The van der Waals surface area contributed by atoms with E-state index in [1.54, 1.807) is 0 Å². The monoisotopic (exact) mass is 254 g/mol. The summed E-state index contributed by atoms with van der Waals surface area (Å²) in [5.41, 5.74) is 6.47. The van der Waals surface area contributed by atoms with Crippen LogP contribution in [0.3, 0.4) is 0 Å². The largest absolute Gasteiger partial charge is 0.380 e. The third-order valence-corrected chi connectivity index (χ3v) is 5.12. The van der Waals surface area contributed by atoms with Gasteiger partial charge in [0, 0.05) is 31.8 Å². The minimum atomic E-state index is 0.275. The average molecular weight is 254 g/mol. The highest BCUT2D eigenvalue weighted by Gasteiger charge is 2.37. The Morgan fingerprint density at radius 1 is 1.17 bits per heavy atom. The van der Waals surface area contributed by atoms with E-state index >= 15 is 0 Å². The molecule has 1 aliphatic heterocycles. The Balaban J connectivity index is 2.03. The molecule has 0 amide bonds. The fraction of sp³-hybridized carbons (Fsp3) is 1.00. The van der Waals surface area contributed by atoms with Crippen molar-refractivity contribution in [2.75, 3.05) is 32.8 Å². The lowest BCUT2D eigenvalue weighted by Crippen LogP contribution is -2.54. The van der Waals surface area contributed by atoms with Crippen LogP contribution in [0.25, 0.3) is 0 Å². The minimum Gasteiger partial charge on any atom is -0.380 e. The maximum absolute atomic E-state index is 6.19. The summed E-state index contributed by atoms with van der Waals surface area (Å²) in [6.45, 7) is 7.22. The van der Waals surface area contributed by atoms with Gasteiger partial charge in [-0.25, -0.2) is 0 Å². The quantitative estimate of drug-likeness (QED) is 0.786. The number of nitrogens with zero attached hydrogens (tertiary/aromatic N) is 1. The van der Waals surface area contributed by atoms with Crippen molar-refractivity contribution in [2.45, 2.75) is 57.4 Å². The zero-order valence-electron chi connectivity index (χ0n) is 12.0. The smallest absolute Gasteiger partial charge is 0.0593 e. The summed E-state index contributed by atoms with van der Waals surface area (Å²) in [5, 5.41) is 0. The van der Waals surface area contributed by atoms with Crippen LogP contribution in [0.2, 0.25) is 0 Å². The van der Waals surface area contributed by atoms with Crippen LogP contribution in [0, 0.1) is 5.92 Å². The van der Waals surface area contributed by atoms with E-state index in [9.17, 15) is 0 Å². The normalized spacial score (nSPS) is 36.0. The van der Waals surface area contributed by atoms with Gasteiger partial charge in [-0.3, -0.25) is 4.90 Å². The van der Waals surface area contributed by atoms with E-state index in [1.165, 1.54) is 51.5 Å². The van der Waals surface area contributed by atoms with Crippen molar-refractivity contribution in [1.29, 1.82) is 0 Å². The summed E-state index contributed by atoms with van der Waals surface area (Å²) in [5.74, 6) is 0.932. The highest BCUT2D eigenvalue weighted by atomic mass is 16.5. The first-order valence-electron chi connectivity index (χ1n) is 7.83. The van der Waals surface area contributed by atoms with Gasteiger partial charge < -0.3 is 10.5 Å². The summed E-state index contributed by atoms with van der Waals surface area (Å²) >= 11 is 0. The molecule has 1 saturated heterocycles. The molecule has 0 aromatic heterocycles. The second-order valence-corrected chi connectivity index (χ2v) is 6.09. The molecule has 3 heteroatoms.